The van der Waals surface area contributed by atoms with Crippen molar-refractivity contribution >= 4 is 24.2 Å². The fourth-order valence-electron chi connectivity index (χ4n) is 2.20. The van der Waals surface area contributed by atoms with Gasteiger partial charge < -0.3 is 0 Å². The van der Waals surface area contributed by atoms with Crippen LogP contribution in [0.3, 0.4) is 0 Å². The molecule has 15 heavy (non-hydrogen) atoms. The summed E-state index contributed by atoms with van der Waals surface area (Å²) in [6.45, 7) is 9.43. The van der Waals surface area contributed by atoms with E-state index in [0.29, 0.717) is 5.95 Å². The Morgan fingerprint density at radius 3 is 1.53 bits per heavy atom. The third-order valence-corrected chi connectivity index (χ3v) is 12.1. The molecule has 2 unspecified atom stereocenters. The predicted molar refractivity (Wildman–Crippen MR) is 68.3 cm³/mol. The second kappa shape index (κ2) is 3.72. The fourth-order valence-corrected chi connectivity index (χ4v) is 9.97. The molecule has 0 aromatic heterocycles. The molecular formula is C14H18Pb. The second-order valence-electron chi connectivity index (χ2n) is 4.95. The monoisotopic (exact) mass is 394 g/mol. The van der Waals surface area contributed by atoms with Crippen LogP contribution in [0.5, 0.6) is 0 Å². The van der Waals surface area contributed by atoms with Crippen LogP contribution in [0.1, 0.15) is 27.7 Å². The molecule has 2 radical (unpaired) electrons. The second-order valence-corrected chi connectivity index (χ2v) is 14.0. The van der Waals surface area contributed by atoms with Gasteiger partial charge in [-0.2, -0.15) is 0 Å². The van der Waals surface area contributed by atoms with Crippen molar-refractivity contribution in [2.45, 2.75) is 33.6 Å². The molecule has 0 nitrogen and oxygen atoms in total. The Bertz CT molecular complexity index is 360. The first-order chi connectivity index (χ1) is 6.96. The molecule has 0 aliphatic heterocycles. The molecule has 0 saturated carbocycles. The summed E-state index contributed by atoms with van der Waals surface area (Å²) in [5, 5.41) is 0. The molecule has 78 valence electrons. The number of hydrogen-bond acceptors (Lipinski definition) is 0. The van der Waals surface area contributed by atoms with Gasteiger partial charge >= 0.3 is 105 Å². The molecule has 0 saturated heterocycles. The molecule has 2 rings (SSSR count). The van der Waals surface area contributed by atoms with Crippen LogP contribution in [0.25, 0.3) is 0 Å². The van der Waals surface area contributed by atoms with Gasteiger partial charge in [0.25, 0.3) is 0 Å². The molecular weight excluding hydrogens is 375 g/mol. The molecule has 1 heteroatoms. The van der Waals surface area contributed by atoms with Gasteiger partial charge in [-0.15, -0.1) is 0 Å². The van der Waals surface area contributed by atoms with Gasteiger partial charge in [0.1, 0.15) is 0 Å². The van der Waals surface area contributed by atoms with Gasteiger partial charge in [-0.05, 0) is 0 Å². The summed E-state index contributed by atoms with van der Waals surface area (Å²) in [7, 11) is 0. The van der Waals surface area contributed by atoms with E-state index in [2.05, 4.69) is 64.2 Å². The topological polar surface area (TPSA) is 0 Å². The summed E-state index contributed by atoms with van der Waals surface area (Å²) in [5.41, 5.74) is 3.14. The van der Waals surface area contributed by atoms with Gasteiger partial charge in [-0.1, -0.05) is 0 Å². The molecule has 0 spiro atoms. The van der Waals surface area contributed by atoms with E-state index in [0.717, 1.165) is 0 Å². The third-order valence-electron chi connectivity index (χ3n) is 3.71. The van der Waals surface area contributed by atoms with Crippen LogP contribution in [0.4, 0.5) is 0 Å². The summed E-state index contributed by atoms with van der Waals surface area (Å²) in [4.78, 5) is 0. The minimum absolute atomic E-state index is 0.443. The molecule has 0 aromatic rings. The molecule has 0 aromatic carbocycles. The summed E-state index contributed by atoms with van der Waals surface area (Å²) < 4.78 is 0.886. The Kier molecular flexibility index (Phi) is 2.82. The number of allylic oxidation sites excluding steroid dienone is 8. The zero-order valence-corrected chi connectivity index (χ0v) is 13.9. The Morgan fingerprint density at radius 2 is 1.27 bits per heavy atom. The van der Waals surface area contributed by atoms with E-state index in [4.69, 9.17) is 0 Å². The summed E-state index contributed by atoms with van der Waals surface area (Å²) in [5.74, 6) is 0. The molecule has 0 fully saturated rings. The molecule has 2 aliphatic carbocycles. The van der Waals surface area contributed by atoms with Crippen molar-refractivity contribution in [3.05, 3.63) is 47.6 Å². The fraction of sp³-hybridized carbons (Fsp3) is 0.429. The van der Waals surface area contributed by atoms with E-state index in [1.165, 1.54) is 0 Å². The Hall–Kier alpha value is -0.118. The van der Waals surface area contributed by atoms with Gasteiger partial charge in [-0.3, -0.25) is 0 Å². The molecule has 2 aliphatic rings. The molecule has 0 N–H and O–H groups in total. The Labute approximate surface area is 105 Å². The molecule has 0 heterocycles. The zero-order valence-electron chi connectivity index (χ0n) is 9.96. The molecule has 2 atom stereocenters. The van der Waals surface area contributed by atoms with Crippen molar-refractivity contribution in [2.24, 2.45) is 0 Å². The maximum atomic E-state index is 2.43. The Morgan fingerprint density at radius 1 is 0.867 bits per heavy atom. The van der Waals surface area contributed by atoms with Gasteiger partial charge in [0.2, 0.25) is 0 Å². The molecule has 0 bridgehead atoms. The van der Waals surface area contributed by atoms with Crippen LogP contribution in [0.2, 0.25) is 5.95 Å². The van der Waals surface area contributed by atoms with Gasteiger partial charge in [-0.25, -0.2) is 0 Å². The van der Waals surface area contributed by atoms with Crippen LogP contribution >= 0.6 is 0 Å². The van der Waals surface area contributed by atoms with Crippen LogP contribution in [0.15, 0.2) is 47.6 Å². The maximum absolute atomic E-state index is 2.43. The van der Waals surface area contributed by atoms with E-state index >= 15 is 0 Å². The normalized spacial score (nSPS) is 38.4. The third kappa shape index (κ3) is 1.93. The quantitative estimate of drug-likeness (QED) is 0.620. The van der Waals surface area contributed by atoms with Gasteiger partial charge in [0.05, 0.1) is 0 Å². The zero-order chi connectivity index (χ0) is 11.1. The van der Waals surface area contributed by atoms with E-state index in [-0.39, 0.29) is 0 Å². The van der Waals surface area contributed by atoms with E-state index in [9.17, 15) is 0 Å². The summed E-state index contributed by atoms with van der Waals surface area (Å²) in [6, 6.07) is 0. The minimum atomic E-state index is -0.799. The van der Waals surface area contributed by atoms with Gasteiger partial charge in [0, 0.05) is 0 Å². The van der Waals surface area contributed by atoms with E-state index in [1.54, 1.807) is 11.1 Å². The predicted octanol–water partition coefficient (Wildman–Crippen LogP) is 4.08. The molecule has 0 amide bonds. The van der Waals surface area contributed by atoms with Crippen molar-refractivity contribution in [1.82, 2.24) is 0 Å². The van der Waals surface area contributed by atoms with Crippen LogP contribution < -0.4 is 0 Å². The average molecular weight is 393 g/mol. The average Bonchev–Trinajstić information content (AvgIpc) is 2.61. The van der Waals surface area contributed by atoms with E-state index < -0.39 is 24.2 Å². The first-order valence-corrected chi connectivity index (χ1v) is 9.38. The Balaban J connectivity index is 2.23. The van der Waals surface area contributed by atoms with Crippen LogP contribution in [0, 0.1) is 0 Å². The van der Waals surface area contributed by atoms with Crippen molar-refractivity contribution in [2.75, 3.05) is 0 Å². The number of rotatable bonds is 2. The van der Waals surface area contributed by atoms with Crippen molar-refractivity contribution in [1.29, 1.82) is 0 Å². The standard InChI is InChI=1S/2C7H9.Pb/c2*1-6-4-3-5-7(6)2;/h2*3-5H,1-2H3;. The van der Waals surface area contributed by atoms with Gasteiger partial charge in [0.15, 0.2) is 0 Å². The van der Waals surface area contributed by atoms with E-state index in [1.807, 2.05) is 0 Å². The van der Waals surface area contributed by atoms with Crippen LogP contribution in [-0.2, 0) is 0 Å². The number of hydrogen-bond donors (Lipinski definition) is 0. The first kappa shape index (κ1) is 11.4. The van der Waals surface area contributed by atoms with Crippen LogP contribution in [-0.4, -0.2) is 24.2 Å². The van der Waals surface area contributed by atoms with Crippen molar-refractivity contribution in [3.63, 3.8) is 0 Å². The SMILES string of the molecule is CC1=CC=C[C]1(C)[Pb][C]1(C)C=CC=C1C. The summed E-state index contributed by atoms with van der Waals surface area (Å²) >= 11 is -0.799. The van der Waals surface area contributed by atoms with Crippen molar-refractivity contribution < 1.29 is 0 Å². The first-order valence-electron chi connectivity index (χ1n) is 5.49. The van der Waals surface area contributed by atoms with Crippen molar-refractivity contribution in [3.8, 4) is 0 Å². The summed E-state index contributed by atoms with van der Waals surface area (Å²) in [6.07, 6.45) is 13.9.